The van der Waals surface area contributed by atoms with Crippen molar-refractivity contribution in [2.24, 2.45) is 0 Å². The number of nitrogens with zero attached hydrogens (tertiary/aromatic N) is 3. The average molecular weight is 442 g/mol. The summed E-state index contributed by atoms with van der Waals surface area (Å²) in [5.41, 5.74) is 4.84. The number of hydrogen-bond acceptors (Lipinski definition) is 3. The number of hydrogen-bond donors (Lipinski definition) is 0. The molecule has 0 N–H and O–H groups in total. The minimum atomic E-state index is 0.265. The Morgan fingerprint density at radius 1 is 0.625 bits per heavy atom. The molecule has 0 amide bonds. The van der Waals surface area contributed by atoms with E-state index in [0.29, 0.717) is 0 Å². The maximum absolute atomic E-state index is 6.18. The normalized spacial score (nSPS) is 12.1. The van der Waals surface area contributed by atoms with Gasteiger partial charge in [0.15, 0.2) is 0 Å². The smallest absolute Gasteiger partial charge is 0.0416 e. The molecule has 0 aliphatic heterocycles. The predicted molar refractivity (Wildman–Crippen MR) is 132 cm³/mol. The Labute approximate surface area is 195 Å². The summed E-state index contributed by atoms with van der Waals surface area (Å²) in [5.74, 6) is 0.265. The Morgan fingerprint density at radius 3 is 1.69 bits per heavy atom. The summed E-state index contributed by atoms with van der Waals surface area (Å²) in [6, 6.07) is 31.3. The molecule has 0 saturated heterocycles. The van der Waals surface area contributed by atoms with Gasteiger partial charge in [0.05, 0.1) is 0 Å². The number of halogens is 1. The van der Waals surface area contributed by atoms with Crippen molar-refractivity contribution >= 4 is 11.6 Å². The van der Waals surface area contributed by atoms with E-state index in [-0.39, 0.29) is 5.92 Å². The third-order valence-corrected chi connectivity index (χ3v) is 5.99. The molecule has 0 bridgehead atoms. The van der Waals surface area contributed by atoms with Crippen LogP contribution < -0.4 is 0 Å². The molecule has 2 aromatic heterocycles. The van der Waals surface area contributed by atoms with E-state index < -0.39 is 0 Å². The van der Waals surface area contributed by atoms with Crippen molar-refractivity contribution in [3.8, 4) is 0 Å². The minimum absolute atomic E-state index is 0.265. The van der Waals surface area contributed by atoms with Gasteiger partial charge in [-0.2, -0.15) is 0 Å². The quantitative estimate of drug-likeness (QED) is 0.300. The van der Waals surface area contributed by atoms with Crippen LogP contribution in [0.4, 0.5) is 0 Å². The van der Waals surface area contributed by atoms with Gasteiger partial charge in [-0.3, -0.25) is 9.97 Å². The van der Waals surface area contributed by atoms with E-state index >= 15 is 0 Å². The molecule has 3 nitrogen and oxygen atoms in total. The van der Waals surface area contributed by atoms with E-state index in [1.54, 1.807) is 0 Å². The van der Waals surface area contributed by atoms with E-state index in [2.05, 4.69) is 81.6 Å². The maximum Gasteiger partial charge on any atom is 0.0416 e. The molecule has 1 atom stereocenters. The van der Waals surface area contributed by atoms with Gasteiger partial charge in [0.1, 0.15) is 0 Å². The Hall–Kier alpha value is -3.01. The summed E-state index contributed by atoms with van der Waals surface area (Å²) in [4.78, 5) is 11.6. The molecule has 1 unspecified atom stereocenters. The summed E-state index contributed by atoms with van der Waals surface area (Å²) < 4.78 is 0. The first-order valence-electron chi connectivity index (χ1n) is 11.1. The van der Waals surface area contributed by atoms with Gasteiger partial charge in [-0.05, 0) is 47.5 Å². The lowest BCUT2D eigenvalue weighted by Crippen LogP contribution is -2.33. The number of benzene rings is 2. The van der Waals surface area contributed by atoms with Gasteiger partial charge in [-0.25, -0.2) is 0 Å². The largest absolute Gasteiger partial charge is 0.302 e. The SMILES string of the molecule is Clc1ccc(C(CN(CCc2ccccn2)CCc2ccccn2)c2ccccc2)cc1. The van der Waals surface area contributed by atoms with Gasteiger partial charge in [0, 0.05) is 67.2 Å². The zero-order valence-corrected chi connectivity index (χ0v) is 18.9. The van der Waals surface area contributed by atoms with Crippen molar-refractivity contribution in [2.45, 2.75) is 18.8 Å². The van der Waals surface area contributed by atoms with Gasteiger partial charge in [-0.15, -0.1) is 0 Å². The van der Waals surface area contributed by atoms with E-state index in [0.717, 1.165) is 48.9 Å². The lowest BCUT2D eigenvalue weighted by Gasteiger charge is -2.28. The summed E-state index contributed by atoms with van der Waals surface area (Å²) in [6.07, 6.45) is 5.58. The van der Waals surface area contributed by atoms with Crippen molar-refractivity contribution in [1.82, 2.24) is 14.9 Å². The fourth-order valence-electron chi connectivity index (χ4n) is 3.97. The standard InChI is InChI=1S/C28H28ClN3/c29-25-14-12-24(13-15-25)28(23-8-2-1-3-9-23)22-32(20-16-26-10-4-6-18-30-26)21-17-27-11-5-7-19-31-27/h1-15,18-19,28H,16-17,20-22H2. The van der Waals surface area contributed by atoms with Gasteiger partial charge < -0.3 is 4.90 Å². The molecule has 0 fully saturated rings. The molecular weight excluding hydrogens is 414 g/mol. The molecule has 2 heterocycles. The topological polar surface area (TPSA) is 29.0 Å². The van der Waals surface area contributed by atoms with Crippen molar-refractivity contribution in [3.05, 3.63) is 131 Å². The summed E-state index contributed by atoms with van der Waals surface area (Å²) >= 11 is 6.18. The molecule has 4 heteroatoms. The van der Waals surface area contributed by atoms with Gasteiger partial charge in [-0.1, -0.05) is 66.2 Å². The van der Waals surface area contributed by atoms with Crippen LogP contribution in [0.25, 0.3) is 0 Å². The van der Waals surface area contributed by atoms with Crippen LogP contribution in [0, 0.1) is 0 Å². The van der Waals surface area contributed by atoms with Crippen molar-refractivity contribution in [2.75, 3.05) is 19.6 Å². The van der Waals surface area contributed by atoms with Crippen molar-refractivity contribution < 1.29 is 0 Å². The number of pyridine rings is 2. The highest BCUT2D eigenvalue weighted by molar-refractivity contribution is 6.30. The van der Waals surface area contributed by atoms with Crippen LogP contribution in [0.5, 0.6) is 0 Å². The molecule has 162 valence electrons. The second-order valence-corrected chi connectivity index (χ2v) is 8.39. The monoisotopic (exact) mass is 441 g/mol. The first-order valence-corrected chi connectivity index (χ1v) is 11.5. The molecule has 0 radical (unpaired) electrons. The van der Waals surface area contributed by atoms with Crippen LogP contribution in [-0.4, -0.2) is 34.5 Å². The second kappa shape index (κ2) is 11.6. The molecule has 0 spiro atoms. The van der Waals surface area contributed by atoms with Crippen LogP contribution in [0.1, 0.15) is 28.4 Å². The zero-order valence-electron chi connectivity index (χ0n) is 18.1. The molecule has 4 rings (SSSR count). The lowest BCUT2D eigenvalue weighted by atomic mass is 9.90. The van der Waals surface area contributed by atoms with E-state index in [1.807, 2.05) is 36.7 Å². The lowest BCUT2D eigenvalue weighted by molar-refractivity contribution is 0.270. The highest BCUT2D eigenvalue weighted by atomic mass is 35.5. The maximum atomic E-state index is 6.18. The molecule has 0 aliphatic rings. The Balaban J connectivity index is 1.55. The van der Waals surface area contributed by atoms with Crippen molar-refractivity contribution in [3.63, 3.8) is 0 Å². The Kier molecular flexibility index (Phi) is 8.02. The fraction of sp³-hybridized carbons (Fsp3) is 0.214. The third-order valence-electron chi connectivity index (χ3n) is 5.74. The Morgan fingerprint density at radius 2 is 1.16 bits per heavy atom. The number of rotatable bonds is 10. The summed E-state index contributed by atoms with van der Waals surface area (Å²) in [5, 5.41) is 0.766. The van der Waals surface area contributed by atoms with E-state index in [1.165, 1.54) is 11.1 Å². The first-order chi connectivity index (χ1) is 15.8. The molecule has 0 saturated carbocycles. The van der Waals surface area contributed by atoms with Gasteiger partial charge in [0.25, 0.3) is 0 Å². The van der Waals surface area contributed by atoms with Crippen LogP contribution in [0.2, 0.25) is 5.02 Å². The molecule has 4 aromatic rings. The summed E-state index contributed by atoms with van der Waals surface area (Å²) in [7, 11) is 0. The van der Waals surface area contributed by atoms with Crippen LogP contribution in [-0.2, 0) is 12.8 Å². The highest BCUT2D eigenvalue weighted by Gasteiger charge is 2.19. The molecule has 2 aromatic carbocycles. The van der Waals surface area contributed by atoms with Gasteiger partial charge >= 0.3 is 0 Å². The van der Waals surface area contributed by atoms with Crippen LogP contribution in [0.15, 0.2) is 103 Å². The average Bonchev–Trinajstić information content (AvgIpc) is 2.86. The van der Waals surface area contributed by atoms with E-state index in [9.17, 15) is 0 Å². The Bertz CT molecular complexity index is 1010. The van der Waals surface area contributed by atoms with E-state index in [4.69, 9.17) is 11.6 Å². The molecule has 0 aliphatic carbocycles. The predicted octanol–water partition coefficient (Wildman–Crippen LogP) is 6.05. The third kappa shape index (κ3) is 6.49. The van der Waals surface area contributed by atoms with Crippen LogP contribution >= 0.6 is 11.6 Å². The molecular formula is C28H28ClN3. The second-order valence-electron chi connectivity index (χ2n) is 7.96. The van der Waals surface area contributed by atoms with Crippen molar-refractivity contribution in [1.29, 1.82) is 0 Å². The molecule has 32 heavy (non-hydrogen) atoms. The highest BCUT2D eigenvalue weighted by Crippen LogP contribution is 2.27. The van der Waals surface area contributed by atoms with Gasteiger partial charge in [0.2, 0.25) is 0 Å². The number of aromatic nitrogens is 2. The zero-order chi connectivity index (χ0) is 22.0. The minimum Gasteiger partial charge on any atom is -0.302 e. The fourth-order valence-corrected chi connectivity index (χ4v) is 4.10. The first kappa shape index (κ1) is 22.2. The van der Waals surface area contributed by atoms with Crippen LogP contribution in [0.3, 0.4) is 0 Å². The summed E-state index contributed by atoms with van der Waals surface area (Å²) in [6.45, 7) is 2.81.